The highest BCUT2D eigenvalue weighted by Gasteiger charge is 1.97. The van der Waals surface area contributed by atoms with Crippen LogP contribution in [0.3, 0.4) is 0 Å². The van der Waals surface area contributed by atoms with Gasteiger partial charge in [-0.2, -0.15) is 0 Å². The van der Waals surface area contributed by atoms with Crippen LogP contribution in [0.5, 0.6) is 0 Å². The van der Waals surface area contributed by atoms with Crippen molar-refractivity contribution in [3.63, 3.8) is 0 Å². The van der Waals surface area contributed by atoms with Crippen LogP contribution in [0.15, 0.2) is 36.9 Å². The van der Waals surface area contributed by atoms with Gasteiger partial charge in [0.2, 0.25) is 0 Å². The number of rotatable bonds is 5. The quantitative estimate of drug-likeness (QED) is 0.781. The van der Waals surface area contributed by atoms with Crippen molar-refractivity contribution in [1.29, 1.82) is 0 Å². The highest BCUT2D eigenvalue weighted by atomic mass is 15.2. The van der Waals surface area contributed by atoms with Gasteiger partial charge in [0.05, 0.1) is 5.69 Å². The van der Waals surface area contributed by atoms with Gasteiger partial charge in [-0.05, 0) is 24.6 Å². The Kier molecular flexibility index (Phi) is 3.53. The zero-order chi connectivity index (χ0) is 11.2. The topological polar surface area (TPSA) is 42.7 Å². The van der Waals surface area contributed by atoms with Crippen molar-refractivity contribution in [2.24, 2.45) is 0 Å². The van der Waals surface area contributed by atoms with Gasteiger partial charge < -0.3 is 5.32 Å². The lowest BCUT2D eigenvalue weighted by molar-refractivity contribution is 0.834. The molecule has 2 aromatic rings. The average molecular weight is 216 g/mol. The number of hydrogen-bond acceptors (Lipinski definition) is 3. The fraction of sp³-hybridized carbons (Fsp3) is 0.333. The van der Waals surface area contributed by atoms with Crippen LogP contribution in [0.2, 0.25) is 0 Å². The Bertz CT molecular complexity index is 422. The molecule has 0 saturated heterocycles. The third-order valence-corrected chi connectivity index (χ3v) is 2.42. The van der Waals surface area contributed by atoms with E-state index < -0.39 is 0 Å². The van der Waals surface area contributed by atoms with Gasteiger partial charge in [-0.1, -0.05) is 19.4 Å². The summed E-state index contributed by atoms with van der Waals surface area (Å²) < 4.78 is 1.89. The summed E-state index contributed by atoms with van der Waals surface area (Å²) in [5.41, 5.74) is 2.21. The first kappa shape index (κ1) is 10.7. The minimum absolute atomic E-state index is 1.02. The molecular formula is C12H16N4. The van der Waals surface area contributed by atoms with Crippen LogP contribution in [0.4, 0.5) is 5.69 Å². The molecule has 4 nitrogen and oxygen atoms in total. The predicted octanol–water partition coefficient (Wildman–Crippen LogP) is 2.48. The van der Waals surface area contributed by atoms with Gasteiger partial charge in [-0.3, -0.25) is 4.57 Å². The summed E-state index contributed by atoms with van der Waals surface area (Å²) in [6.45, 7) is 3.21. The van der Waals surface area contributed by atoms with E-state index in [2.05, 4.69) is 34.6 Å². The second-order valence-electron chi connectivity index (χ2n) is 3.70. The lowest BCUT2D eigenvalue weighted by Crippen LogP contribution is -2.01. The summed E-state index contributed by atoms with van der Waals surface area (Å²) in [5, 5.41) is 11.0. The molecule has 0 spiro atoms. The van der Waals surface area contributed by atoms with Gasteiger partial charge in [0.15, 0.2) is 0 Å². The molecule has 0 aliphatic carbocycles. The summed E-state index contributed by atoms with van der Waals surface area (Å²) in [6.07, 6.45) is 5.80. The van der Waals surface area contributed by atoms with Gasteiger partial charge in [0.25, 0.3) is 0 Å². The van der Waals surface area contributed by atoms with E-state index in [9.17, 15) is 0 Å². The Balaban J connectivity index is 2.08. The molecule has 0 atom stereocenters. The standard InChI is InChI=1S/C12H16N4/c1-2-3-7-13-11-5-4-6-12(8-11)16-9-14-15-10-16/h4-6,8-10,13H,2-3,7H2,1H3. The van der Waals surface area contributed by atoms with E-state index in [0.29, 0.717) is 0 Å². The Morgan fingerprint density at radius 2 is 2.06 bits per heavy atom. The largest absolute Gasteiger partial charge is 0.385 e. The summed E-state index contributed by atoms with van der Waals surface area (Å²) in [6, 6.07) is 8.24. The normalized spacial score (nSPS) is 10.3. The Morgan fingerprint density at radius 1 is 1.25 bits per heavy atom. The number of aromatic nitrogens is 3. The van der Waals surface area contributed by atoms with Crippen LogP contribution >= 0.6 is 0 Å². The maximum Gasteiger partial charge on any atom is 0.123 e. The number of benzene rings is 1. The van der Waals surface area contributed by atoms with Crippen LogP contribution in [-0.2, 0) is 0 Å². The zero-order valence-electron chi connectivity index (χ0n) is 9.43. The van der Waals surface area contributed by atoms with E-state index in [1.54, 1.807) is 12.7 Å². The van der Waals surface area contributed by atoms with Crippen molar-refractivity contribution in [2.75, 3.05) is 11.9 Å². The molecule has 1 aromatic heterocycles. The molecule has 0 unspecified atom stereocenters. The van der Waals surface area contributed by atoms with Gasteiger partial charge in [0.1, 0.15) is 12.7 Å². The van der Waals surface area contributed by atoms with E-state index in [1.165, 1.54) is 12.8 Å². The number of unbranched alkanes of at least 4 members (excludes halogenated alkanes) is 1. The first-order chi connectivity index (χ1) is 7.90. The molecule has 84 valence electrons. The van der Waals surface area contributed by atoms with Crippen LogP contribution in [0.25, 0.3) is 5.69 Å². The molecule has 1 aromatic carbocycles. The van der Waals surface area contributed by atoms with Gasteiger partial charge in [-0.25, -0.2) is 0 Å². The third-order valence-electron chi connectivity index (χ3n) is 2.42. The first-order valence-electron chi connectivity index (χ1n) is 5.59. The molecule has 1 N–H and O–H groups in total. The van der Waals surface area contributed by atoms with Gasteiger partial charge in [0, 0.05) is 12.2 Å². The smallest absolute Gasteiger partial charge is 0.123 e. The molecule has 0 amide bonds. The van der Waals surface area contributed by atoms with Crippen LogP contribution in [-0.4, -0.2) is 21.3 Å². The summed E-state index contributed by atoms with van der Waals surface area (Å²) in [7, 11) is 0. The molecule has 0 bridgehead atoms. The molecule has 0 saturated carbocycles. The molecule has 2 rings (SSSR count). The second-order valence-corrected chi connectivity index (χ2v) is 3.70. The van der Waals surface area contributed by atoms with Crippen molar-refractivity contribution in [3.05, 3.63) is 36.9 Å². The van der Waals surface area contributed by atoms with Crippen molar-refractivity contribution in [3.8, 4) is 5.69 Å². The maximum absolute atomic E-state index is 3.80. The van der Waals surface area contributed by atoms with Crippen LogP contribution < -0.4 is 5.32 Å². The lowest BCUT2D eigenvalue weighted by Gasteiger charge is -2.07. The predicted molar refractivity (Wildman–Crippen MR) is 64.8 cm³/mol. The van der Waals surface area contributed by atoms with Crippen molar-refractivity contribution in [1.82, 2.24) is 14.8 Å². The van der Waals surface area contributed by atoms with Crippen LogP contribution in [0.1, 0.15) is 19.8 Å². The van der Waals surface area contributed by atoms with Crippen molar-refractivity contribution < 1.29 is 0 Å². The van der Waals surface area contributed by atoms with E-state index in [1.807, 2.05) is 16.7 Å². The molecule has 0 aliphatic rings. The Hall–Kier alpha value is -1.84. The summed E-state index contributed by atoms with van der Waals surface area (Å²) >= 11 is 0. The van der Waals surface area contributed by atoms with Crippen molar-refractivity contribution >= 4 is 5.69 Å². The average Bonchev–Trinajstić information content (AvgIpc) is 2.83. The monoisotopic (exact) mass is 216 g/mol. The third kappa shape index (κ3) is 2.59. The molecule has 1 heterocycles. The fourth-order valence-corrected chi connectivity index (χ4v) is 1.52. The van der Waals surface area contributed by atoms with E-state index in [0.717, 1.165) is 17.9 Å². The zero-order valence-corrected chi connectivity index (χ0v) is 9.43. The minimum atomic E-state index is 1.02. The van der Waals surface area contributed by atoms with E-state index in [4.69, 9.17) is 0 Å². The summed E-state index contributed by atoms with van der Waals surface area (Å²) in [5.74, 6) is 0. The summed E-state index contributed by atoms with van der Waals surface area (Å²) in [4.78, 5) is 0. The molecule has 4 heteroatoms. The molecule has 0 fully saturated rings. The lowest BCUT2D eigenvalue weighted by atomic mass is 10.2. The van der Waals surface area contributed by atoms with Gasteiger partial charge in [-0.15, -0.1) is 10.2 Å². The van der Waals surface area contributed by atoms with E-state index >= 15 is 0 Å². The number of nitrogens with one attached hydrogen (secondary N) is 1. The van der Waals surface area contributed by atoms with Crippen molar-refractivity contribution in [2.45, 2.75) is 19.8 Å². The number of nitrogens with zero attached hydrogens (tertiary/aromatic N) is 3. The SMILES string of the molecule is CCCCNc1cccc(-n2cnnc2)c1. The highest BCUT2D eigenvalue weighted by molar-refractivity contribution is 5.50. The number of hydrogen-bond donors (Lipinski definition) is 1. The minimum Gasteiger partial charge on any atom is -0.385 e. The highest BCUT2D eigenvalue weighted by Crippen LogP contribution is 2.13. The second kappa shape index (κ2) is 5.30. The first-order valence-corrected chi connectivity index (χ1v) is 5.59. The van der Waals surface area contributed by atoms with E-state index in [-0.39, 0.29) is 0 Å². The fourth-order valence-electron chi connectivity index (χ4n) is 1.52. The Labute approximate surface area is 95.3 Å². The molecule has 0 radical (unpaired) electrons. The maximum atomic E-state index is 3.80. The number of anilines is 1. The molecule has 0 aliphatic heterocycles. The molecule has 16 heavy (non-hydrogen) atoms. The Morgan fingerprint density at radius 3 is 2.81 bits per heavy atom. The molecular weight excluding hydrogens is 200 g/mol. The van der Waals surface area contributed by atoms with Crippen LogP contribution in [0, 0.1) is 0 Å². The van der Waals surface area contributed by atoms with Gasteiger partial charge >= 0.3 is 0 Å².